The third kappa shape index (κ3) is 4.66. The fourth-order valence-corrected chi connectivity index (χ4v) is 2.19. The van der Waals surface area contributed by atoms with E-state index in [9.17, 15) is 9.59 Å². The third-order valence-corrected chi connectivity index (χ3v) is 3.27. The van der Waals surface area contributed by atoms with E-state index < -0.39 is 6.04 Å². The van der Waals surface area contributed by atoms with E-state index in [-0.39, 0.29) is 17.4 Å². The maximum absolute atomic E-state index is 11.8. The predicted molar refractivity (Wildman–Crippen MR) is 74.2 cm³/mol. The van der Waals surface area contributed by atoms with Gasteiger partial charge in [0.15, 0.2) is 0 Å². The highest BCUT2D eigenvalue weighted by Crippen LogP contribution is 2.21. The molecule has 0 aliphatic rings. The summed E-state index contributed by atoms with van der Waals surface area (Å²) in [7, 11) is 0. The van der Waals surface area contributed by atoms with E-state index in [4.69, 9.17) is 11.6 Å². The first-order chi connectivity index (χ1) is 8.19. The molecule has 1 heterocycles. The SMILES string of the molecule is CC(NC(=O)c1ccc(Cl)s1)C(=O)NC(C)(C)C. The van der Waals surface area contributed by atoms with Crippen LogP contribution in [0.5, 0.6) is 0 Å². The van der Waals surface area contributed by atoms with Gasteiger partial charge in [-0.25, -0.2) is 0 Å². The molecule has 1 aromatic rings. The molecular formula is C12H17ClN2O2S. The van der Waals surface area contributed by atoms with Crippen LogP contribution in [0.3, 0.4) is 0 Å². The Balaban J connectivity index is 2.57. The number of halogens is 1. The first-order valence-corrected chi connectivity index (χ1v) is 6.77. The van der Waals surface area contributed by atoms with Gasteiger partial charge in [0.1, 0.15) is 6.04 Å². The van der Waals surface area contributed by atoms with Gasteiger partial charge in [-0.1, -0.05) is 11.6 Å². The summed E-state index contributed by atoms with van der Waals surface area (Å²) in [6.45, 7) is 7.31. The van der Waals surface area contributed by atoms with Crippen molar-refractivity contribution >= 4 is 34.8 Å². The summed E-state index contributed by atoms with van der Waals surface area (Å²) in [5, 5.41) is 5.44. The van der Waals surface area contributed by atoms with Crippen molar-refractivity contribution < 1.29 is 9.59 Å². The molecule has 2 amide bonds. The molecule has 0 radical (unpaired) electrons. The zero-order chi connectivity index (χ0) is 13.9. The Kier molecular flexibility index (Phi) is 4.76. The van der Waals surface area contributed by atoms with Crippen molar-refractivity contribution in [2.75, 3.05) is 0 Å². The van der Waals surface area contributed by atoms with Crippen molar-refractivity contribution in [3.05, 3.63) is 21.3 Å². The molecule has 1 atom stereocenters. The van der Waals surface area contributed by atoms with Crippen molar-refractivity contribution in [2.24, 2.45) is 0 Å². The van der Waals surface area contributed by atoms with E-state index in [1.807, 2.05) is 20.8 Å². The summed E-state index contributed by atoms with van der Waals surface area (Å²) in [6, 6.07) is 2.70. The topological polar surface area (TPSA) is 58.2 Å². The zero-order valence-corrected chi connectivity index (χ0v) is 12.4. The Hall–Kier alpha value is -1.07. The first-order valence-electron chi connectivity index (χ1n) is 5.57. The van der Waals surface area contributed by atoms with Crippen LogP contribution in [0.1, 0.15) is 37.4 Å². The largest absolute Gasteiger partial charge is 0.350 e. The van der Waals surface area contributed by atoms with Crippen LogP contribution in [0.15, 0.2) is 12.1 Å². The van der Waals surface area contributed by atoms with Crippen molar-refractivity contribution in [3.8, 4) is 0 Å². The van der Waals surface area contributed by atoms with Gasteiger partial charge in [0.05, 0.1) is 9.21 Å². The standard InChI is InChI=1S/C12H17ClN2O2S/c1-7(10(16)15-12(2,3)4)14-11(17)8-5-6-9(13)18-8/h5-7H,1-4H3,(H,14,17)(H,15,16). The maximum Gasteiger partial charge on any atom is 0.262 e. The Bertz CT molecular complexity index is 451. The summed E-state index contributed by atoms with van der Waals surface area (Å²) in [5.74, 6) is -0.498. The van der Waals surface area contributed by atoms with Crippen LogP contribution in [0.25, 0.3) is 0 Å². The van der Waals surface area contributed by atoms with Gasteiger partial charge in [0.25, 0.3) is 5.91 Å². The molecular weight excluding hydrogens is 272 g/mol. The first kappa shape index (κ1) is 15.0. The van der Waals surface area contributed by atoms with Crippen LogP contribution in [0.4, 0.5) is 0 Å². The van der Waals surface area contributed by atoms with Gasteiger partial charge in [-0.2, -0.15) is 0 Å². The smallest absolute Gasteiger partial charge is 0.262 e. The Morgan fingerprint density at radius 1 is 1.33 bits per heavy atom. The lowest BCUT2D eigenvalue weighted by Gasteiger charge is -2.23. The van der Waals surface area contributed by atoms with E-state index >= 15 is 0 Å². The van der Waals surface area contributed by atoms with Crippen molar-refractivity contribution in [2.45, 2.75) is 39.3 Å². The number of amides is 2. The van der Waals surface area contributed by atoms with E-state index in [0.717, 1.165) is 0 Å². The summed E-state index contributed by atoms with van der Waals surface area (Å²) >= 11 is 6.93. The summed E-state index contributed by atoms with van der Waals surface area (Å²) in [5.41, 5.74) is -0.317. The molecule has 0 fully saturated rings. The third-order valence-electron chi connectivity index (χ3n) is 2.04. The molecule has 2 N–H and O–H groups in total. The highest BCUT2D eigenvalue weighted by atomic mass is 35.5. The molecule has 1 rings (SSSR count). The normalized spacial score (nSPS) is 12.9. The molecule has 0 bridgehead atoms. The molecule has 100 valence electrons. The number of hydrogen-bond donors (Lipinski definition) is 2. The van der Waals surface area contributed by atoms with Crippen molar-refractivity contribution in [3.63, 3.8) is 0 Å². The molecule has 18 heavy (non-hydrogen) atoms. The van der Waals surface area contributed by atoms with Crippen LogP contribution in [0.2, 0.25) is 4.34 Å². The average molecular weight is 289 g/mol. The fraction of sp³-hybridized carbons (Fsp3) is 0.500. The molecule has 0 saturated heterocycles. The Morgan fingerprint density at radius 3 is 2.39 bits per heavy atom. The monoisotopic (exact) mass is 288 g/mol. The minimum absolute atomic E-state index is 0.210. The molecule has 4 nitrogen and oxygen atoms in total. The van der Waals surface area contributed by atoms with E-state index in [0.29, 0.717) is 9.21 Å². The number of carbonyl (C=O) groups excluding carboxylic acids is 2. The summed E-state index contributed by atoms with van der Waals surface area (Å²) in [4.78, 5) is 24.1. The number of carbonyl (C=O) groups is 2. The molecule has 6 heteroatoms. The molecule has 1 unspecified atom stereocenters. The highest BCUT2D eigenvalue weighted by molar-refractivity contribution is 7.18. The summed E-state index contributed by atoms with van der Waals surface area (Å²) in [6.07, 6.45) is 0. The van der Waals surface area contributed by atoms with Crippen LogP contribution >= 0.6 is 22.9 Å². The van der Waals surface area contributed by atoms with E-state index in [1.54, 1.807) is 19.1 Å². The Labute approximate surface area is 116 Å². The van der Waals surface area contributed by atoms with Crippen LogP contribution in [-0.4, -0.2) is 23.4 Å². The summed E-state index contributed by atoms with van der Waals surface area (Å²) < 4.78 is 0.548. The molecule has 1 aromatic heterocycles. The number of thiophene rings is 1. The molecule has 0 saturated carbocycles. The van der Waals surface area contributed by atoms with Gasteiger partial charge in [0, 0.05) is 5.54 Å². The lowest BCUT2D eigenvalue weighted by atomic mass is 10.1. The second-order valence-electron chi connectivity index (χ2n) is 5.04. The quantitative estimate of drug-likeness (QED) is 0.897. The fourth-order valence-electron chi connectivity index (χ4n) is 1.25. The van der Waals surface area contributed by atoms with Gasteiger partial charge in [-0.05, 0) is 39.8 Å². The lowest BCUT2D eigenvalue weighted by molar-refractivity contribution is -0.124. The van der Waals surface area contributed by atoms with Gasteiger partial charge < -0.3 is 10.6 Å². The number of nitrogens with one attached hydrogen (secondary N) is 2. The molecule has 0 spiro atoms. The van der Waals surface area contributed by atoms with Crippen molar-refractivity contribution in [1.29, 1.82) is 0 Å². The average Bonchev–Trinajstić information content (AvgIpc) is 2.62. The van der Waals surface area contributed by atoms with Gasteiger partial charge in [0.2, 0.25) is 5.91 Å². The van der Waals surface area contributed by atoms with Crippen LogP contribution < -0.4 is 10.6 Å². The lowest BCUT2D eigenvalue weighted by Crippen LogP contribution is -2.50. The number of rotatable bonds is 3. The predicted octanol–water partition coefficient (Wildman–Crippen LogP) is 2.43. The molecule has 0 aliphatic carbocycles. The second kappa shape index (κ2) is 5.71. The van der Waals surface area contributed by atoms with Gasteiger partial charge in [-0.15, -0.1) is 11.3 Å². The number of hydrogen-bond acceptors (Lipinski definition) is 3. The Morgan fingerprint density at radius 2 is 1.94 bits per heavy atom. The van der Waals surface area contributed by atoms with E-state index in [2.05, 4.69) is 10.6 Å². The maximum atomic E-state index is 11.8. The second-order valence-corrected chi connectivity index (χ2v) is 6.75. The van der Waals surface area contributed by atoms with Gasteiger partial charge in [-0.3, -0.25) is 9.59 Å². The van der Waals surface area contributed by atoms with Gasteiger partial charge >= 0.3 is 0 Å². The zero-order valence-electron chi connectivity index (χ0n) is 10.8. The minimum Gasteiger partial charge on any atom is -0.350 e. The van der Waals surface area contributed by atoms with Crippen LogP contribution in [0, 0.1) is 0 Å². The van der Waals surface area contributed by atoms with E-state index in [1.165, 1.54) is 11.3 Å². The molecule has 0 aromatic carbocycles. The van der Waals surface area contributed by atoms with Crippen LogP contribution in [-0.2, 0) is 4.79 Å². The highest BCUT2D eigenvalue weighted by Gasteiger charge is 2.21. The molecule has 0 aliphatic heterocycles. The van der Waals surface area contributed by atoms with Crippen molar-refractivity contribution in [1.82, 2.24) is 10.6 Å². The minimum atomic E-state index is -0.586.